The minimum atomic E-state index is -0.146. The second-order valence-corrected chi connectivity index (χ2v) is 11.3. The molecule has 2 N–H and O–H groups in total. The number of piperidine rings is 1. The molecule has 3 amide bonds. The molecule has 1 saturated carbocycles. The fourth-order valence-electron chi connectivity index (χ4n) is 5.46. The zero-order valence-corrected chi connectivity index (χ0v) is 24.3. The van der Waals surface area contributed by atoms with Crippen LogP contribution in [0.2, 0.25) is 0 Å². The first-order chi connectivity index (χ1) is 19.5. The highest BCUT2D eigenvalue weighted by molar-refractivity contribution is 5.98. The van der Waals surface area contributed by atoms with Gasteiger partial charge in [0.1, 0.15) is 0 Å². The Morgan fingerprint density at radius 3 is 2.60 bits per heavy atom. The second-order valence-electron chi connectivity index (χ2n) is 11.3. The Labute approximate surface area is 239 Å². The van der Waals surface area contributed by atoms with E-state index in [1.54, 1.807) is 0 Å². The molecule has 1 aliphatic heterocycles. The number of unbranched alkanes of at least 4 members (excludes halogenated alkanes) is 1. The van der Waals surface area contributed by atoms with Crippen LogP contribution < -0.4 is 15.5 Å². The summed E-state index contributed by atoms with van der Waals surface area (Å²) < 4.78 is 0. The van der Waals surface area contributed by atoms with E-state index < -0.39 is 0 Å². The molecule has 40 heavy (non-hydrogen) atoms. The number of carbonyl (C=O) groups is 3. The Bertz CT molecular complexity index is 1160. The summed E-state index contributed by atoms with van der Waals surface area (Å²) in [6.45, 7) is 8.43. The number of carbonyl (C=O) groups excluding carboxylic acids is 3. The molecule has 0 spiro atoms. The van der Waals surface area contributed by atoms with Crippen molar-refractivity contribution in [2.45, 2.75) is 78.1 Å². The van der Waals surface area contributed by atoms with E-state index in [0.717, 1.165) is 88.7 Å². The average molecular weight is 547 g/mol. The van der Waals surface area contributed by atoms with Crippen molar-refractivity contribution < 1.29 is 14.4 Å². The van der Waals surface area contributed by atoms with Crippen LogP contribution in [0, 0.1) is 12.8 Å². The van der Waals surface area contributed by atoms with Crippen molar-refractivity contribution in [3.05, 3.63) is 59.2 Å². The molecule has 0 bridgehead atoms. The standard InChI is InChI=1S/C33H46N4O3/c1-3-20-36(30-13-5-4-11-25(30)2)21-8-6-12-26-15-18-28(24-29(26)35-33(40)27-16-17-27)32(39)34-19-10-23-37-22-9-7-14-31(37)38/h4-5,11,13,15,18,24,27H,3,6-10,12,14,16-17,19-23H2,1-2H3,(H,34,39)(H,35,40). The van der Waals surface area contributed by atoms with Gasteiger partial charge in [-0.3, -0.25) is 14.4 Å². The number of aryl methyl sites for hydroxylation is 2. The molecule has 2 aromatic carbocycles. The lowest BCUT2D eigenvalue weighted by Gasteiger charge is -2.26. The van der Waals surface area contributed by atoms with Crippen LogP contribution >= 0.6 is 0 Å². The van der Waals surface area contributed by atoms with Gasteiger partial charge in [-0.15, -0.1) is 0 Å². The third-order valence-corrected chi connectivity index (χ3v) is 7.96. The van der Waals surface area contributed by atoms with E-state index >= 15 is 0 Å². The van der Waals surface area contributed by atoms with Gasteiger partial charge in [-0.05, 0) is 94.0 Å². The Hall–Kier alpha value is -3.35. The van der Waals surface area contributed by atoms with E-state index in [1.807, 2.05) is 23.1 Å². The maximum Gasteiger partial charge on any atom is 0.251 e. The Balaban J connectivity index is 1.32. The molecule has 1 heterocycles. The minimum Gasteiger partial charge on any atom is -0.371 e. The van der Waals surface area contributed by atoms with Crippen molar-refractivity contribution in [2.75, 3.05) is 42.9 Å². The van der Waals surface area contributed by atoms with E-state index in [4.69, 9.17) is 0 Å². The molecule has 0 atom stereocenters. The molecule has 7 nitrogen and oxygen atoms in total. The molecule has 216 valence electrons. The first-order valence-electron chi connectivity index (χ1n) is 15.3. The number of likely N-dealkylation sites (tertiary alicyclic amines) is 1. The summed E-state index contributed by atoms with van der Waals surface area (Å²) in [5.74, 6) is 0.225. The van der Waals surface area contributed by atoms with Crippen LogP contribution in [-0.4, -0.2) is 55.3 Å². The SMILES string of the molecule is CCCN(CCCCc1ccc(C(=O)NCCCN2CCCCC2=O)cc1NC(=O)C1CC1)c1ccccc1C. The fraction of sp³-hybridized carbons (Fsp3) is 0.545. The molecule has 1 saturated heterocycles. The summed E-state index contributed by atoms with van der Waals surface area (Å²) >= 11 is 0. The predicted octanol–water partition coefficient (Wildman–Crippen LogP) is 5.72. The van der Waals surface area contributed by atoms with Crippen molar-refractivity contribution >= 4 is 29.1 Å². The largest absolute Gasteiger partial charge is 0.371 e. The molecule has 2 fully saturated rings. The third-order valence-electron chi connectivity index (χ3n) is 7.96. The summed E-state index contributed by atoms with van der Waals surface area (Å²) in [5.41, 5.74) is 4.99. The molecule has 2 aliphatic rings. The van der Waals surface area contributed by atoms with Crippen molar-refractivity contribution in [1.82, 2.24) is 10.2 Å². The molecular formula is C33H46N4O3. The maximum atomic E-state index is 12.9. The molecule has 0 aromatic heterocycles. The van der Waals surface area contributed by atoms with Crippen LogP contribution in [0.5, 0.6) is 0 Å². The number of benzene rings is 2. The number of amides is 3. The van der Waals surface area contributed by atoms with Gasteiger partial charge in [-0.2, -0.15) is 0 Å². The van der Waals surface area contributed by atoms with Gasteiger partial charge < -0.3 is 20.4 Å². The zero-order valence-electron chi connectivity index (χ0n) is 24.3. The Morgan fingerprint density at radius 1 is 1.02 bits per heavy atom. The van der Waals surface area contributed by atoms with Crippen molar-refractivity contribution in [2.24, 2.45) is 5.92 Å². The number of anilines is 2. The molecule has 7 heteroatoms. The van der Waals surface area contributed by atoms with Crippen LogP contribution in [0.25, 0.3) is 0 Å². The maximum absolute atomic E-state index is 12.9. The van der Waals surface area contributed by atoms with Crippen LogP contribution in [0.15, 0.2) is 42.5 Å². The second kappa shape index (κ2) is 14.9. The van der Waals surface area contributed by atoms with Gasteiger partial charge in [0.2, 0.25) is 11.8 Å². The average Bonchev–Trinajstić information content (AvgIpc) is 3.80. The number of nitrogens with zero attached hydrogens (tertiary/aromatic N) is 2. The highest BCUT2D eigenvalue weighted by Crippen LogP contribution is 2.31. The highest BCUT2D eigenvalue weighted by atomic mass is 16.2. The lowest BCUT2D eigenvalue weighted by Crippen LogP contribution is -2.37. The lowest BCUT2D eigenvalue weighted by atomic mass is 10.0. The Kier molecular flexibility index (Phi) is 11.0. The first-order valence-corrected chi connectivity index (χ1v) is 15.3. The summed E-state index contributed by atoms with van der Waals surface area (Å²) in [6, 6.07) is 14.2. The summed E-state index contributed by atoms with van der Waals surface area (Å²) in [7, 11) is 0. The Morgan fingerprint density at radius 2 is 1.85 bits per heavy atom. The van der Waals surface area contributed by atoms with E-state index in [9.17, 15) is 14.4 Å². The van der Waals surface area contributed by atoms with Gasteiger partial charge in [0.15, 0.2) is 0 Å². The number of para-hydroxylation sites is 1. The van der Waals surface area contributed by atoms with Gasteiger partial charge in [0, 0.05) is 62.0 Å². The van der Waals surface area contributed by atoms with E-state index in [-0.39, 0.29) is 23.6 Å². The van der Waals surface area contributed by atoms with E-state index in [1.165, 1.54) is 11.3 Å². The highest BCUT2D eigenvalue weighted by Gasteiger charge is 2.30. The first kappa shape index (κ1) is 29.6. The topological polar surface area (TPSA) is 81.8 Å². The fourth-order valence-corrected chi connectivity index (χ4v) is 5.46. The quantitative estimate of drug-likeness (QED) is 0.280. The molecule has 1 aliphatic carbocycles. The van der Waals surface area contributed by atoms with Crippen molar-refractivity contribution in [3.8, 4) is 0 Å². The summed E-state index contributed by atoms with van der Waals surface area (Å²) in [6.07, 6.45) is 9.28. The van der Waals surface area contributed by atoms with Gasteiger partial charge in [0.05, 0.1) is 0 Å². The summed E-state index contributed by atoms with van der Waals surface area (Å²) in [4.78, 5) is 41.9. The molecule has 4 rings (SSSR count). The number of hydrogen-bond acceptors (Lipinski definition) is 4. The van der Waals surface area contributed by atoms with Gasteiger partial charge in [-0.25, -0.2) is 0 Å². The molecule has 2 aromatic rings. The molecule has 0 radical (unpaired) electrons. The van der Waals surface area contributed by atoms with E-state index in [2.05, 4.69) is 53.6 Å². The van der Waals surface area contributed by atoms with Crippen molar-refractivity contribution in [1.29, 1.82) is 0 Å². The van der Waals surface area contributed by atoms with Gasteiger partial charge >= 0.3 is 0 Å². The minimum absolute atomic E-state index is 0.0543. The lowest BCUT2D eigenvalue weighted by molar-refractivity contribution is -0.133. The molecular weight excluding hydrogens is 500 g/mol. The van der Waals surface area contributed by atoms with Crippen molar-refractivity contribution in [3.63, 3.8) is 0 Å². The number of rotatable bonds is 15. The number of hydrogen-bond donors (Lipinski definition) is 2. The van der Waals surface area contributed by atoms with Crippen LogP contribution in [0.3, 0.4) is 0 Å². The normalized spacial score (nSPS) is 15.2. The van der Waals surface area contributed by atoms with Gasteiger partial charge in [0.25, 0.3) is 5.91 Å². The predicted molar refractivity (Wildman–Crippen MR) is 162 cm³/mol. The number of nitrogens with one attached hydrogen (secondary N) is 2. The monoisotopic (exact) mass is 546 g/mol. The van der Waals surface area contributed by atoms with Crippen LogP contribution in [0.1, 0.15) is 86.2 Å². The molecule has 0 unspecified atom stereocenters. The smallest absolute Gasteiger partial charge is 0.251 e. The van der Waals surface area contributed by atoms with E-state index in [0.29, 0.717) is 25.1 Å². The van der Waals surface area contributed by atoms with Crippen LogP contribution in [0.4, 0.5) is 11.4 Å². The zero-order chi connectivity index (χ0) is 28.3. The van der Waals surface area contributed by atoms with Gasteiger partial charge in [-0.1, -0.05) is 31.2 Å². The summed E-state index contributed by atoms with van der Waals surface area (Å²) in [5, 5.41) is 6.10. The van der Waals surface area contributed by atoms with Crippen LogP contribution in [-0.2, 0) is 16.0 Å². The third kappa shape index (κ3) is 8.57.